The molecule has 0 radical (unpaired) electrons. The first-order valence-electron chi connectivity index (χ1n) is 10.3. The SMILES string of the molecule is O=C(CC12CC3CC(CC(O)(C3)C1)C2)Nc1ccc(N2CCCC2=O)cc1. The number of nitrogens with zero attached hydrogens (tertiary/aromatic N) is 1. The standard InChI is InChI=1S/C22H28N2O3/c25-19(13-21-9-15-8-16(10-21)12-22(27,11-15)14-21)23-17-3-5-18(6-4-17)24-7-1-2-20(24)26/h3-6,15-16,27H,1-2,7-14H2,(H,23,25). The van der Waals surface area contributed by atoms with Gasteiger partial charge in [-0.15, -0.1) is 0 Å². The number of carbonyl (C=O) groups is 2. The van der Waals surface area contributed by atoms with Crippen molar-refractivity contribution < 1.29 is 14.7 Å². The van der Waals surface area contributed by atoms with Crippen LogP contribution in [0, 0.1) is 17.3 Å². The van der Waals surface area contributed by atoms with Gasteiger partial charge in [0.25, 0.3) is 0 Å². The van der Waals surface area contributed by atoms with E-state index < -0.39 is 5.60 Å². The van der Waals surface area contributed by atoms with Gasteiger partial charge in [0.1, 0.15) is 0 Å². The van der Waals surface area contributed by atoms with Crippen LogP contribution < -0.4 is 10.2 Å². The van der Waals surface area contributed by atoms with Crippen LogP contribution >= 0.6 is 0 Å². The number of hydrogen-bond donors (Lipinski definition) is 2. The lowest BCUT2D eigenvalue weighted by Gasteiger charge is -2.60. The van der Waals surface area contributed by atoms with E-state index in [-0.39, 0.29) is 17.2 Å². The molecule has 6 rings (SSSR count). The fraction of sp³-hybridized carbons (Fsp3) is 0.636. The Bertz CT molecular complexity index is 758. The first-order valence-corrected chi connectivity index (χ1v) is 10.3. The fourth-order valence-corrected chi connectivity index (χ4v) is 6.80. The third kappa shape index (κ3) is 3.16. The quantitative estimate of drug-likeness (QED) is 0.855. The Kier molecular flexibility index (Phi) is 3.87. The number of amides is 2. The van der Waals surface area contributed by atoms with Gasteiger partial charge in [-0.1, -0.05) is 0 Å². The van der Waals surface area contributed by atoms with E-state index in [9.17, 15) is 14.7 Å². The summed E-state index contributed by atoms with van der Waals surface area (Å²) in [6.45, 7) is 0.776. The van der Waals surface area contributed by atoms with Crippen molar-refractivity contribution in [3.63, 3.8) is 0 Å². The van der Waals surface area contributed by atoms with E-state index in [0.717, 1.165) is 56.4 Å². The van der Waals surface area contributed by atoms with Gasteiger partial charge >= 0.3 is 0 Å². The van der Waals surface area contributed by atoms with E-state index in [4.69, 9.17) is 0 Å². The van der Waals surface area contributed by atoms with Crippen molar-refractivity contribution >= 4 is 23.2 Å². The third-order valence-corrected chi connectivity index (χ3v) is 7.22. The van der Waals surface area contributed by atoms with Gasteiger partial charge in [0, 0.05) is 30.8 Å². The molecular weight excluding hydrogens is 340 g/mol. The zero-order chi connectivity index (χ0) is 18.6. The molecule has 4 aliphatic carbocycles. The summed E-state index contributed by atoms with van der Waals surface area (Å²) in [5, 5.41) is 13.9. The van der Waals surface area contributed by atoms with Crippen LogP contribution in [0.2, 0.25) is 0 Å². The maximum atomic E-state index is 12.7. The maximum Gasteiger partial charge on any atom is 0.227 e. The lowest BCUT2D eigenvalue weighted by atomic mass is 9.47. The van der Waals surface area contributed by atoms with Crippen LogP contribution in [-0.2, 0) is 9.59 Å². The number of carbonyl (C=O) groups excluding carboxylic acids is 2. The van der Waals surface area contributed by atoms with E-state index >= 15 is 0 Å². The van der Waals surface area contributed by atoms with Crippen LogP contribution in [0.25, 0.3) is 0 Å². The highest BCUT2D eigenvalue weighted by atomic mass is 16.3. The molecule has 1 saturated heterocycles. The molecule has 0 spiro atoms. The summed E-state index contributed by atoms with van der Waals surface area (Å²) in [6.07, 6.45) is 8.12. The Balaban J connectivity index is 1.24. The van der Waals surface area contributed by atoms with Gasteiger partial charge in [-0.2, -0.15) is 0 Å². The molecule has 5 nitrogen and oxygen atoms in total. The van der Waals surface area contributed by atoms with Crippen molar-refractivity contribution in [2.75, 3.05) is 16.8 Å². The Labute approximate surface area is 160 Å². The van der Waals surface area contributed by atoms with Gasteiger partial charge in [0.2, 0.25) is 11.8 Å². The smallest absolute Gasteiger partial charge is 0.227 e. The first-order chi connectivity index (χ1) is 12.9. The molecule has 1 aromatic rings. The Hall–Kier alpha value is -1.88. The number of anilines is 2. The summed E-state index contributed by atoms with van der Waals surface area (Å²) in [7, 11) is 0. The molecule has 2 N–H and O–H groups in total. The molecule has 5 heteroatoms. The van der Waals surface area contributed by atoms with Gasteiger partial charge < -0.3 is 15.3 Å². The molecule has 5 fully saturated rings. The third-order valence-electron chi connectivity index (χ3n) is 7.22. The Morgan fingerprint density at radius 3 is 2.44 bits per heavy atom. The Morgan fingerprint density at radius 2 is 1.85 bits per heavy atom. The second-order valence-electron chi connectivity index (χ2n) is 9.61. The number of benzene rings is 1. The van der Waals surface area contributed by atoms with Gasteiger partial charge in [-0.3, -0.25) is 9.59 Å². The lowest BCUT2D eigenvalue weighted by Crippen LogP contribution is -2.56. The number of hydrogen-bond acceptors (Lipinski definition) is 3. The second-order valence-corrected chi connectivity index (χ2v) is 9.61. The van der Waals surface area contributed by atoms with Crippen LogP contribution in [0.15, 0.2) is 24.3 Å². The fourth-order valence-electron chi connectivity index (χ4n) is 6.80. The predicted octanol–water partition coefficient (Wildman–Crippen LogP) is 3.47. The van der Waals surface area contributed by atoms with Crippen molar-refractivity contribution in [1.29, 1.82) is 0 Å². The molecule has 2 amide bonds. The maximum absolute atomic E-state index is 12.7. The molecule has 4 bridgehead atoms. The highest BCUT2D eigenvalue weighted by molar-refractivity contribution is 5.96. The van der Waals surface area contributed by atoms with Crippen LogP contribution in [0.3, 0.4) is 0 Å². The highest BCUT2D eigenvalue weighted by Crippen LogP contribution is 2.62. The molecule has 4 saturated carbocycles. The van der Waals surface area contributed by atoms with Gasteiger partial charge in [-0.25, -0.2) is 0 Å². The molecule has 2 unspecified atom stereocenters. The predicted molar refractivity (Wildman–Crippen MR) is 103 cm³/mol. The lowest BCUT2D eigenvalue weighted by molar-refractivity contribution is -0.167. The van der Waals surface area contributed by atoms with Crippen molar-refractivity contribution in [3.8, 4) is 0 Å². The first kappa shape index (κ1) is 17.2. The molecule has 144 valence electrons. The summed E-state index contributed by atoms with van der Waals surface area (Å²) < 4.78 is 0. The summed E-state index contributed by atoms with van der Waals surface area (Å²) in [6, 6.07) is 7.58. The molecule has 1 aliphatic heterocycles. The molecule has 1 aromatic carbocycles. The number of aliphatic hydroxyl groups is 1. The summed E-state index contributed by atoms with van der Waals surface area (Å²) in [5.41, 5.74) is 1.15. The van der Waals surface area contributed by atoms with Gasteiger partial charge in [0.05, 0.1) is 5.60 Å². The number of nitrogens with one attached hydrogen (secondary N) is 1. The largest absolute Gasteiger partial charge is 0.390 e. The van der Waals surface area contributed by atoms with E-state index in [1.807, 2.05) is 29.2 Å². The Morgan fingerprint density at radius 1 is 1.15 bits per heavy atom. The van der Waals surface area contributed by atoms with Crippen molar-refractivity contribution in [2.24, 2.45) is 17.3 Å². The van der Waals surface area contributed by atoms with Crippen molar-refractivity contribution in [2.45, 2.75) is 63.4 Å². The minimum Gasteiger partial charge on any atom is -0.390 e. The average Bonchev–Trinajstić information content (AvgIpc) is 2.98. The van der Waals surface area contributed by atoms with Crippen LogP contribution in [-0.4, -0.2) is 29.1 Å². The van der Waals surface area contributed by atoms with Crippen molar-refractivity contribution in [1.82, 2.24) is 0 Å². The molecule has 2 atom stereocenters. The summed E-state index contributed by atoms with van der Waals surface area (Å²) in [5.74, 6) is 1.42. The number of rotatable bonds is 4. The minimum absolute atomic E-state index is 0.00910. The molecule has 27 heavy (non-hydrogen) atoms. The highest BCUT2D eigenvalue weighted by Gasteiger charge is 2.57. The topological polar surface area (TPSA) is 69.6 Å². The van der Waals surface area contributed by atoms with E-state index in [2.05, 4.69) is 5.32 Å². The summed E-state index contributed by atoms with van der Waals surface area (Å²) >= 11 is 0. The van der Waals surface area contributed by atoms with E-state index in [0.29, 0.717) is 24.7 Å². The molecule has 5 aliphatic rings. The van der Waals surface area contributed by atoms with Crippen LogP contribution in [0.5, 0.6) is 0 Å². The zero-order valence-corrected chi connectivity index (χ0v) is 15.7. The average molecular weight is 368 g/mol. The van der Waals surface area contributed by atoms with Crippen molar-refractivity contribution in [3.05, 3.63) is 24.3 Å². The van der Waals surface area contributed by atoms with E-state index in [1.54, 1.807) is 0 Å². The molecular formula is C22H28N2O3. The second kappa shape index (κ2) is 6.06. The monoisotopic (exact) mass is 368 g/mol. The minimum atomic E-state index is -0.520. The van der Waals surface area contributed by atoms with Gasteiger partial charge in [-0.05, 0) is 86.5 Å². The zero-order valence-electron chi connectivity index (χ0n) is 15.7. The molecule has 0 aromatic heterocycles. The normalized spacial score (nSPS) is 37.1. The van der Waals surface area contributed by atoms with E-state index in [1.165, 1.54) is 6.42 Å². The van der Waals surface area contributed by atoms with Crippen LogP contribution in [0.1, 0.15) is 57.8 Å². The summed E-state index contributed by atoms with van der Waals surface area (Å²) in [4.78, 5) is 26.4. The van der Waals surface area contributed by atoms with Crippen LogP contribution in [0.4, 0.5) is 11.4 Å². The van der Waals surface area contributed by atoms with Gasteiger partial charge in [0.15, 0.2) is 0 Å². The molecule has 1 heterocycles.